The Balaban J connectivity index is 0. The Hall–Kier alpha value is 1.36. The first-order valence-electron chi connectivity index (χ1n) is 3.14. The van der Waals surface area contributed by atoms with E-state index in [4.69, 9.17) is 0 Å². The number of nitrogens with zero attached hydrogens (tertiary/aromatic N) is 1. The van der Waals surface area contributed by atoms with Crippen LogP contribution in [0.4, 0.5) is 0 Å². The molecule has 12 heavy (non-hydrogen) atoms. The third-order valence-corrected chi connectivity index (χ3v) is 1.42. The molecule has 59 valence electrons. The molecule has 0 amide bonds. The normalized spacial score (nSPS) is 7.83. The van der Waals surface area contributed by atoms with Crippen LogP contribution in [-0.4, -0.2) is 4.98 Å². The van der Waals surface area contributed by atoms with Crippen molar-refractivity contribution in [2.75, 3.05) is 0 Å². The summed E-state index contributed by atoms with van der Waals surface area (Å²) in [6, 6.07) is 3.06. The molecule has 1 radical (unpaired) electrons. The maximum atomic E-state index is 3.96. The molecule has 0 aliphatic carbocycles. The first-order chi connectivity index (χ1) is 4.74. The zero-order valence-corrected chi connectivity index (χ0v) is 15.2. The summed E-state index contributed by atoms with van der Waals surface area (Å²) in [5.41, 5.74) is 2.90. The van der Waals surface area contributed by atoms with Crippen molar-refractivity contribution in [1.29, 1.82) is 0 Å². The zero-order valence-electron chi connectivity index (χ0n) is 7.61. The van der Waals surface area contributed by atoms with Gasteiger partial charge in [0.05, 0.1) is 0 Å². The van der Waals surface area contributed by atoms with Gasteiger partial charge >= 0.3 is 58.2 Å². The predicted octanol–water partition coefficient (Wildman–Crippen LogP) is -1.06. The van der Waals surface area contributed by atoms with Gasteiger partial charge in [0.2, 0.25) is 0 Å². The van der Waals surface area contributed by atoms with Crippen molar-refractivity contribution in [3.05, 3.63) is 35.7 Å². The molecule has 0 N–H and O–H groups in total. The summed E-state index contributed by atoms with van der Waals surface area (Å²) in [6.45, 7) is 7.54. The van der Waals surface area contributed by atoms with E-state index in [1.165, 1.54) is 0 Å². The summed E-state index contributed by atoms with van der Waals surface area (Å²) in [5, 5.41) is 0. The molecule has 0 aliphatic rings. The van der Waals surface area contributed by atoms with E-state index in [1.54, 1.807) is 6.08 Å². The van der Waals surface area contributed by atoms with Gasteiger partial charge in [0.15, 0.2) is 0 Å². The van der Waals surface area contributed by atoms with Crippen LogP contribution < -0.4 is 58.2 Å². The van der Waals surface area contributed by atoms with E-state index in [0.29, 0.717) is 0 Å². The third kappa shape index (κ3) is 4.55. The molecular weight excluding hydrogens is 394 g/mol. The monoisotopic (exact) mass is 403 g/mol. The number of aryl methyl sites for hydroxylation is 2. The summed E-state index contributed by atoms with van der Waals surface area (Å²) in [4.78, 5) is 3.96. The van der Waals surface area contributed by atoms with E-state index in [2.05, 4.69) is 23.8 Å². The van der Waals surface area contributed by atoms with Crippen LogP contribution in [0.5, 0.6) is 0 Å². The molecule has 0 saturated heterocycles. The van der Waals surface area contributed by atoms with Crippen LogP contribution in [-0.2, 0) is 20.4 Å². The smallest absolute Gasteiger partial charge is 0.426 e. The molecule has 0 atom stereocenters. The van der Waals surface area contributed by atoms with Gasteiger partial charge in [0.1, 0.15) is 0 Å². The Morgan fingerprint density at radius 3 is 2.33 bits per heavy atom. The minimum atomic E-state index is 0. The fraction of sp³-hybridized carbons (Fsp3) is 0.222. The van der Waals surface area contributed by atoms with E-state index in [-0.39, 0.29) is 78.6 Å². The molecule has 0 aromatic carbocycles. The van der Waals surface area contributed by atoms with Crippen LogP contribution in [0.15, 0.2) is 6.58 Å². The number of hydrogen-bond donors (Lipinski definition) is 0. The van der Waals surface area contributed by atoms with Crippen LogP contribution in [0.3, 0.4) is 0 Å². The van der Waals surface area contributed by atoms with Crippen molar-refractivity contribution in [2.45, 2.75) is 13.8 Å². The molecule has 0 spiro atoms. The predicted molar refractivity (Wildman–Crippen MR) is 41.5 cm³/mol. The van der Waals surface area contributed by atoms with Crippen molar-refractivity contribution in [2.24, 2.45) is 0 Å². The van der Waals surface area contributed by atoms with Crippen molar-refractivity contribution in [3.8, 4) is 0 Å². The number of aromatic nitrogens is 1. The number of pyridine rings is 1. The fourth-order valence-electron chi connectivity index (χ4n) is 0.638. The largest absolute Gasteiger partial charge is 1.00 e. The zero-order chi connectivity index (χ0) is 7.56. The van der Waals surface area contributed by atoms with E-state index in [1.807, 2.05) is 13.8 Å². The quantitative estimate of drug-likeness (QED) is 0.546. The Morgan fingerprint density at radius 2 is 1.92 bits per heavy atom. The van der Waals surface area contributed by atoms with Gasteiger partial charge in [-0.25, -0.2) is 5.56 Å². The van der Waals surface area contributed by atoms with Crippen LogP contribution in [0.2, 0.25) is 0 Å². The maximum Gasteiger partial charge on any atom is 1.00 e. The van der Waals surface area contributed by atoms with Crippen molar-refractivity contribution >= 4 is 6.08 Å². The SMILES string of the molecule is C=Cc1[c-]c(C)c(C)[c-]n1.[Rb+].[Re]. The average molecular weight is 403 g/mol. The van der Waals surface area contributed by atoms with E-state index >= 15 is 0 Å². The third-order valence-electron chi connectivity index (χ3n) is 1.42. The molecule has 0 unspecified atom stereocenters. The van der Waals surface area contributed by atoms with Crippen molar-refractivity contribution < 1.29 is 78.6 Å². The van der Waals surface area contributed by atoms with Crippen LogP contribution in [0.25, 0.3) is 6.08 Å². The second-order valence-electron chi connectivity index (χ2n) is 2.19. The van der Waals surface area contributed by atoms with Gasteiger partial charge in [0, 0.05) is 20.4 Å². The van der Waals surface area contributed by atoms with Crippen LogP contribution in [0, 0.1) is 26.1 Å². The molecule has 1 heterocycles. The summed E-state index contributed by atoms with van der Waals surface area (Å²) < 4.78 is 0. The second-order valence-corrected chi connectivity index (χ2v) is 2.19. The van der Waals surface area contributed by atoms with Crippen LogP contribution >= 0.6 is 0 Å². The van der Waals surface area contributed by atoms with Crippen LogP contribution in [0.1, 0.15) is 16.8 Å². The molecule has 1 rings (SSSR count). The number of hydrogen-bond acceptors (Lipinski definition) is 1. The van der Waals surface area contributed by atoms with Gasteiger partial charge in [-0.3, -0.25) is 11.6 Å². The minimum absolute atomic E-state index is 0. The molecule has 1 aromatic heterocycles. The van der Waals surface area contributed by atoms with Gasteiger partial charge in [-0.15, -0.1) is 20.0 Å². The maximum absolute atomic E-state index is 3.96. The van der Waals surface area contributed by atoms with Gasteiger partial charge in [-0.1, -0.05) is 0 Å². The summed E-state index contributed by atoms with van der Waals surface area (Å²) in [5.74, 6) is 0. The molecule has 0 saturated carbocycles. The van der Waals surface area contributed by atoms with Gasteiger partial charge in [0.25, 0.3) is 0 Å². The van der Waals surface area contributed by atoms with E-state index in [0.717, 1.165) is 16.8 Å². The Bertz CT molecular complexity index is 261. The molecule has 0 bridgehead atoms. The van der Waals surface area contributed by atoms with E-state index in [9.17, 15) is 0 Å². The average Bonchev–Trinajstić information content (AvgIpc) is 1.95. The number of rotatable bonds is 1. The molecule has 0 fully saturated rings. The molecular formula is C9H9NRbRe-. The van der Waals surface area contributed by atoms with E-state index < -0.39 is 0 Å². The second kappa shape index (κ2) is 7.73. The Labute approximate surface area is 136 Å². The topological polar surface area (TPSA) is 12.9 Å². The van der Waals surface area contributed by atoms with Gasteiger partial charge in [-0.2, -0.15) is 18.3 Å². The van der Waals surface area contributed by atoms with Crippen molar-refractivity contribution in [1.82, 2.24) is 4.98 Å². The van der Waals surface area contributed by atoms with Crippen molar-refractivity contribution in [3.63, 3.8) is 0 Å². The summed E-state index contributed by atoms with van der Waals surface area (Å²) >= 11 is 0. The van der Waals surface area contributed by atoms with Gasteiger partial charge in [-0.05, 0) is 0 Å². The first kappa shape index (κ1) is 15.8. The van der Waals surface area contributed by atoms with Gasteiger partial charge < -0.3 is 4.98 Å². The molecule has 0 aliphatic heterocycles. The Morgan fingerprint density at radius 1 is 1.33 bits per heavy atom. The molecule has 1 nitrogen and oxygen atoms in total. The molecule has 1 aromatic rings. The summed E-state index contributed by atoms with van der Waals surface area (Å²) in [7, 11) is 0. The first-order valence-corrected chi connectivity index (χ1v) is 3.14. The fourth-order valence-corrected chi connectivity index (χ4v) is 0.638. The summed E-state index contributed by atoms with van der Waals surface area (Å²) in [6.07, 6.45) is 4.54. The standard InChI is InChI=1S/C9H9N.Rb.Re/c1-4-9-5-7(2)8(3)6-10-9;;/h4H,1H2,2-3H3;;/q-2;+1;. The minimum Gasteiger partial charge on any atom is -0.426 e. The Kier molecular flexibility index (Phi) is 10.2. The molecule has 3 heteroatoms.